The molecule has 0 bridgehead atoms. The van der Waals surface area contributed by atoms with Gasteiger partial charge in [-0.25, -0.2) is 4.98 Å². The minimum atomic E-state index is 0.547. The molecule has 0 fully saturated rings. The summed E-state index contributed by atoms with van der Waals surface area (Å²) >= 11 is 5.92. The molecular formula is C9H8ClN2. The molecule has 1 N–H and O–H groups in total. The van der Waals surface area contributed by atoms with E-state index in [0.29, 0.717) is 5.15 Å². The van der Waals surface area contributed by atoms with Gasteiger partial charge < -0.3 is 4.98 Å². The second kappa shape index (κ2) is 2.49. The predicted molar refractivity (Wildman–Crippen MR) is 49.4 cm³/mol. The maximum absolute atomic E-state index is 5.92. The number of aromatic nitrogens is 2. The summed E-state index contributed by atoms with van der Waals surface area (Å²) in [6.45, 7) is 3.86. The van der Waals surface area contributed by atoms with Crippen LogP contribution in [-0.4, -0.2) is 9.97 Å². The molecule has 3 heteroatoms. The maximum Gasteiger partial charge on any atom is 0.138 e. The standard InChI is InChI=1S/C9H8ClN2/c1-5-3-7-8(11-5)4-6(2)12-9(7)10/h3,11H,1-2H3. The smallest absolute Gasteiger partial charge is 0.138 e. The lowest BCUT2D eigenvalue weighted by atomic mass is 10.3. The molecule has 2 aromatic rings. The first-order valence-corrected chi connectivity index (χ1v) is 4.09. The third-order valence-electron chi connectivity index (χ3n) is 1.75. The van der Waals surface area contributed by atoms with Crippen molar-refractivity contribution in [2.45, 2.75) is 13.8 Å². The Morgan fingerprint density at radius 2 is 2.25 bits per heavy atom. The highest BCUT2D eigenvalue weighted by molar-refractivity contribution is 6.34. The molecule has 0 spiro atoms. The average molecular weight is 180 g/mol. The van der Waals surface area contributed by atoms with Crippen LogP contribution in [0.15, 0.2) is 6.07 Å². The van der Waals surface area contributed by atoms with Crippen molar-refractivity contribution >= 4 is 22.5 Å². The van der Waals surface area contributed by atoms with Crippen LogP contribution in [0.1, 0.15) is 11.4 Å². The van der Waals surface area contributed by atoms with Gasteiger partial charge in [-0.1, -0.05) is 11.6 Å². The van der Waals surface area contributed by atoms with Crippen molar-refractivity contribution in [3.63, 3.8) is 0 Å². The Morgan fingerprint density at radius 3 is 3.00 bits per heavy atom. The van der Waals surface area contributed by atoms with Crippen LogP contribution in [0.25, 0.3) is 10.9 Å². The molecule has 2 aromatic heterocycles. The Balaban J connectivity index is 2.88. The number of pyridine rings is 1. The number of fused-ring (bicyclic) bond motifs is 1. The number of H-pyrrole nitrogens is 1. The molecule has 0 aromatic carbocycles. The molecule has 61 valence electrons. The first kappa shape index (κ1) is 7.62. The van der Waals surface area contributed by atoms with Gasteiger partial charge in [0.25, 0.3) is 0 Å². The van der Waals surface area contributed by atoms with Crippen molar-refractivity contribution in [2.75, 3.05) is 0 Å². The van der Waals surface area contributed by atoms with Crippen LogP contribution in [0.2, 0.25) is 5.15 Å². The zero-order chi connectivity index (χ0) is 8.72. The van der Waals surface area contributed by atoms with Crippen LogP contribution in [0.4, 0.5) is 0 Å². The third kappa shape index (κ3) is 1.08. The van der Waals surface area contributed by atoms with Crippen LogP contribution in [0.3, 0.4) is 0 Å². The first-order valence-electron chi connectivity index (χ1n) is 3.71. The van der Waals surface area contributed by atoms with E-state index < -0.39 is 0 Å². The second-order valence-corrected chi connectivity index (χ2v) is 3.21. The van der Waals surface area contributed by atoms with E-state index in [1.54, 1.807) is 0 Å². The van der Waals surface area contributed by atoms with Crippen LogP contribution < -0.4 is 0 Å². The van der Waals surface area contributed by atoms with Gasteiger partial charge in [-0.2, -0.15) is 0 Å². The predicted octanol–water partition coefficient (Wildman–Crippen LogP) is 2.63. The summed E-state index contributed by atoms with van der Waals surface area (Å²) in [4.78, 5) is 7.27. The Bertz CT molecular complexity index is 431. The van der Waals surface area contributed by atoms with Gasteiger partial charge in [-0.05, 0) is 19.9 Å². The number of rotatable bonds is 0. The highest BCUT2D eigenvalue weighted by Crippen LogP contribution is 2.22. The van der Waals surface area contributed by atoms with Crippen LogP contribution in [0, 0.1) is 19.9 Å². The Kier molecular flexibility index (Phi) is 1.58. The highest BCUT2D eigenvalue weighted by atomic mass is 35.5. The van der Waals surface area contributed by atoms with E-state index in [1.165, 1.54) is 0 Å². The number of hydrogen-bond donors (Lipinski definition) is 1. The summed E-state index contributed by atoms with van der Waals surface area (Å²) in [7, 11) is 0. The summed E-state index contributed by atoms with van der Waals surface area (Å²) < 4.78 is 0. The molecule has 12 heavy (non-hydrogen) atoms. The average Bonchev–Trinajstić information content (AvgIpc) is 2.29. The molecule has 0 saturated carbocycles. The largest absolute Gasteiger partial charge is 0.358 e. The molecule has 0 aliphatic carbocycles. The number of aryl methyl sites for hydroxylation is 2. The summed E-state index contributed by atoms with van der Waals surface area (Å²) in [6, 6.07) is 5.07. The van der Waals surface area contributed by atoms with Crippen LogP contribution >= 0.6 is 11.6 Å². The monoisotopic (exact) mass is 179 g/mol. The van der Waals surface area contributed by atoms with Crippen molar-refractivity contribution in [1.82, 2.24) is 9.97 Å². The van der Waals surface area contributed by atoms with Crippen molar-refractivity contribution in [1.29, 1.82) is 0 Å². The Hall–Kier alpha value is -1.02. The Morgan fingerprint density at radius 1 is 1.50 bits per heavy atom. The van der Waals surface area contributed by atoms with Gasteiger partial charge in [0.05, 0.1) is 5.52 Å². The molecule has 0 atom stereocenters. The van der Waals surface area contributed by atoms with Crippen LogP contribution in [0.5, 0.6) is 0 Å². The lowest BCUT2D eigenvalue weighted by Gasteiger charge is -1.94. The number of nitrogens with zero attached hydrogens (tertiary/aromatic N) is 1. The van der Waals surface area contributed by atoms with Crippen molar-refractivity contribution in [3.8, 4) is 0 Å². The van der Waals surface area contributed by atoms with Gasteiger partial charge in [0.2, 0.25) is 0 Å². The van der Waals surface area contributed by atoms with E-state index in [1.807, 2.05) is 19.9 Å². The summed E-state index contributed by atoms with van der Waals surface area (Å²) in [5, 5.41) is 1.49. The molecule has 1 radical (unpaired) electrons. The number of hydrogen-bond acceptors (Lipinski definition) is 1. The minimum absolute atomic E-state index is 0.547. The molecule has 2 nitrogen and oxygen atoms in total. The minimum Gasteiger partial charge on any atom is -0.358 e. The third-order valence-corrected chi connectivity index (χ3v) is 2.03. The van der Waals surface area contributed by atoms with Gasteiger partial charge in [-0.3, -0.25) is 0 Å². The molecule has 2 rings (SSSR count). The number of nitrogens with one attached hydrogen (secondary N) is 1. The van der Waals surface area contributed by atoms with E-state index in [2.05, 4.69) is 16.0 Å². The fourth-order valence-corrected chi connectivity index (χ4v) is 1.54. The Labute approximate surface area is 75.6 Å². The maximum atomic E-state index is 5.92. The van der Waals surface area contributed by atoms with Gasteiger partial charge in [0.1, 0.15) is 5.15 Å². The van der Waals surface area contributed by atoms with Crippen molar-refractivity contribution in [2.24, 2.45) is 0 Å². The lowest BCUT2D eigenvalue weighted by Crippen LogP contribution is -1.82. The summed E-state index contributed by atoms with van der Waals surface area (Å²) in [5.41, 5.74) is 2.83. The van der Waals surface area contributed by atoms with Gasteiger partial charge >= 0.3 is 0 Å². The fraction of sp³-hybridized carbons (Fsp3) is 0.222. The van der Waals surface area contributed by atoms with Crippen molar-refractivity contribution < 1.29 is 0 Å². The SMILES string of the molecule is Cc1[c]c2[nH]c(C)cc2c(Cl)n1. The molecule has 0 saturated heterocycles. The van der Waals surface area contributed by atoms with E-state index in [0.717, 1.165) is 22.3 Å². The zero-order valence-corrected chi connectivity index (χ0v) is 7.66. The molecule has 0 aliphatic heterocycles. The quantitative estimate of drug-likeness (QED) is 0.619. The van der Waals surface area contributed by atoms with E-state index in [4.69, 9.17) is 11.6 Å². The topological polar surface area (TPSA) is 28.7 Å². The zero-order valence-electron chi connectivity index (χ0n) is 6.90. The highest BCUT2D eigenvalue weighted by Gasteiger charge is 2.03. The number of halogens is 1. The lowest BCUT2D eigenvalue weighted by molar-refractivity contribution is 1.21. The van der Waals surface area contributed by atoms with Crippen molar-refractivity contribution in [3.05, 3.63) is 28.7 Å². The normalized spacial score (nSPS) is 10.9. The van der Waals surface area contributed by atoms with Gasteiger partial charge in [-0.15, -0.1) is 0 Å². The van der Waals surface area contributed by atoms with Gasteiger partial charge in [0.15, 0.2) is 0 Å². The van der Waals surface area contributed by atoms with Crippen LogP contribution in [-0.2, 0) is 0 Å². The summed E-state index contributed by atoms with van der Waals surface area (Å²) in [6.07, 6.45) is 0. The van der Waals surface area contributed by atoms with Gasteiger partial charge in [0, 0.05) is 22.8 Å². The van der Waals surface area contributed by atoms with E-state index >= 15 is 0 Å². The van der Waals surface area contributed by atoms with E-state index in [9.17, 15) is 0 Å². The first-order chi connectivity index (χ1) is 5.66. The molecular weight excluding hydrogens is 172 g/mol. The molecule has 2 heterocycles. The molecule has 0 amide bonds. The molecule has 0 unspecified atom stereocenters. The summed E-state index contributed by atoms with van der Waals surface area (Å²) in [5.74, 6) is 0. The number of aromatic amines is 1. The second-order valence-electron chi connectivity index (χ2n) is 2.85. The fourth-order valence-electron chi connectivity index (χ4n) is 1.27. The molecule has 0 aliphatic rings. The van der Waals surface area contributed by atoms with E-state index in [-0.39, 0.29) is 0 Å².